The predicted molar refractivity (Wildman–Crippen MR) is 71.3 cm³/mol. The van der Waals surface area contributed by atoms with Gasteiger partial charge in [-0.05, 0) is 37.3 Å². The van der Waals surface area contributed by atoms with Crippen LogP contribution < -0.4 is 5.32 Å². The van der Waals surface area contributed by atoms with Gasteiger partial charge in [-0.1, -0.05) is 6.07 Å². The van der Waals surface area contributed by atoms with Gasteiger partial charge in [0.2, 0.25) is 5.91 Å². The molecule has 0 aromatic carbocycles. The molecule has 1 aromatic rings. The zero-order chi connectivity index (χ0) is 12.1. The molecule has 17 heavy (non-hydrogen) atoms. The summed E-state index contributed by atoms with van der Waals surface area (Å²) < 4.78 is 0. The summed E-state index contributed by atoms with van der Waals surface area (Å²) in [5, 5.41) is 5.39. The number of likely N-dealkylation sites (N-methyl/N-ethyl adjacent to an activating group) is 1. The average molecular weight is 252 g/mol. The molecule has 1 N–H and O–H groups in total. The van der Waals surface area contributed by atoms with Crippen LogP contribution in [0.5, 0.6) is 0 Å². The first-order valence-corrected chi connectivity index (χ1v) is 7.14. The Bertz CT molecular complexity index is 344. The van der Waals surface area contributed by atoms with Gasteiger partial charge in [-0.2, -0.15) is 0 Å². The van der Waals surface area contributed by atoms with E-state index in [4.69, 9.17) is 0 Å². The Kier molecular flexibility index (Phi) is 4.57. The van der Waals surface area contributed by atoms with Crippen LogP contribution in [0.4, 0.5) is 0 Å². The minimum absolute atomic E-state index is 0.287. The lowest BCUT2D eigenvalue weighted by Crippen LogP contribution is -2.38. The highest BCUT2D eigenvalue weighted by Gasteiger charge is 2.22. The molecule has 1 aliphatic rings. The molecular weight excluding hydrogens is 232 g/mol. The smallest absolute Gasteiger partial charge is 0.222 e. The van der Waals surface area contributed by atoms with Crippen LogP contribution in [-0.4, -0.2) is 37.0 Å². The van der Waals surface area contributed by atoms with Gasteiger partial charge in [0, 0.05) is 30.9 Å². The lowest BCUT2D eigenvalue weighted by Gasteiger charge is -2.23. The second-order valence-corrected chi connectivity index (χ2v) is 5.62. The molecule has 1 saturated heterocycles. The van der Waals surface area contributed by atoms with E-state index in [0.717, 1.165) is 32.4 Å². The normalized spacial score (nSPS) is 19.5. The third-order valence-electron chi connectivity index (χ3n) is 3.37. The zero-order valence-corrected chi connectivity index (χ0v) is 11.1. The number of thiophene rings is 1. The van der Waals surface area contributed by atoms with E-state index >= 15 is 0 Å². The second-order valence-electron chi connectivity index (χ2n) is 4.58. The van der Waals surface area contributed by atoms with Crippen molar-refractivity contribution in [2.75, 3.05) is 20.1 Å². The van der Waals surface area contributed by atoms with Gasteiger partial charge in [0.25, 0.3) is 0 Å². The summed E-state index contributed by atoms with van der Waals surface area (Å²) >= 11 is 1.77. The fourth-order valence-electron chi connectivity index (χ4n) is 2.22. The Morgan fingerprint density at radius 1 is 1.65 bits per heavy atom. The monoisotopic (exact) mass is 252 g/mol. The Labute approximate surface area is 107 Å². The fourth-order valence-corrected chi connectivity index (χ4v) is 2.97. The van der Waals surface area contributed by atoms with Crippen molar-refractivity contribution in [1.82, 2.24) is 10.2 Å². The summed E-state index contributed by atoms with van der Waals surface area (Å²) in [4.78, 5) is 15.3. The summed E-state index contributed by atoms with van der Waals surface area (Å²) in [7, 11) is 1.94. The highest BCUT2D eigenvalue weighted by Crippen LogP contribution is 2.13. The number of hydrogen-bond donors (Lipinski definition) is 1. The number of rotatable bonds is 5. The molecule has 0 spiro atoms. The van der Waals surface area contributed by atoms with Crippen molar-refractivity contribution in [2.45, 2.75) is 31.7 Å². The van der Waals surface area contributed by atoms with Crippen molar-refractivity contribution in [3.05, 3.63) is 22.4 Å². The molecule has 1 amide bonds. The molecule has 1 aromatic heterocycles. The lowest BCUT2D eigenvalue weighted by atomic mass is 10.1. The Morgan fingerprint density at radius 2 is 2.53 bits per heavy atom. The third-order valence-corrected chi connectivity index (χ3v) is 4.31. The van der Waals surface area contributed by atoms with Gasteiger partial charge in [0.15, 0.2) is 0 Å². The van der Waals surface area contributed by atoms with E-state index in [1.54, 1.807) is 11.3 Å². The molecule has 0 aliphatic carbocycles. The molecule has 1 aliphatic heterocycles. The topological polar surface area (TPSA) is 32.3 Å². The molecule has 94 valence electrons. The van der Waals surface area contributed by atoms with Crippen LogP contribution in [0.3, 0.4) is 0 Å². The van der Waals surface area contributed by atoms with Crippen LogP contribution >= 0.6 is 11.3 Å². The first-order chi connectivity index (χ1) is 8.27. The van der Waals surface area contributed by atoms with Crippen molar-refractivity contribution >= 4 is 17.2 Å². The molecule has 1 atom stereocenters. The Balaban J connectivity index is 1.69. The lowest BCUT2D eigenvalue weighted by molar-refractivity contribution is -0.131. The maximum Gasteiger partial charge on any atom is 0.222 e. The third kappa shape index (κ3) is 3.54. The number of aryl methyl sites for hydroxylation is 1. The van der Waals surface area contributed by atoms with Gasteiger partial charge in [0.1, 0.15) is 0 Å². The van der Waals surface area contributed by atoms with Gasteiger partial charge in [-0.3, -0.25) is 4.79 Å². The molecule has 0 saturated carbocycles. The van der Waals surface area contributed by atoms with Gasteiger partial charge in [0.05, 0.1) is 0 Å². The molecule has 0 bridgehead atoms. The van der Waals surface area contributed by atoms with Crippen LogP contribution in [0.2, 0.25) is 0 Å². The fraction of sp³-hybridized carbons (Fsp3) is 0.615. The minimum Gasteiger partial charge on any atom is -0.341 e. The molecule has 3 nitrogen and oxygen atoms in total. The van der Waals surface area contributed by atoms with E-state index in [1.165, 1.54) is 4.88 Å². The second kappa shape index (κ2) is 6.17. The molecule has 1 fully saturated rings. The summed E-state index contributed by atoms with van der Waals surface area (Å²) in [6, 6.07) is 4.61. The van der Waals surface area contributed by atoms with E-state index in [9.17, 15) is 4.79 Å². The van der Waals surface area contributed by atoms with E-state index in [-0.39, 0.29) is 5.91 Å². The van der Waals surface area contributed by atoms with E-state index in [0.29, 0.717) is 12.5 Å². The van der Waals surface area contributed by atoms with Crippen molar-refractivity contribution in [3.8, 4) is 0 Å². The van der Waals surface area contributed by atoms with Crippen LogP contribution in [0, 0.1) is 0 Å². The summed E-state index contributed by atoms with van der Waals surface area (Å²) in [6.45, 7) is 1.99. The number of amides is 1. The van der Waals surface area contributed by atoms with Crippen LogP contribution in [0.15, 0.2) is 17.5 Å². The highest BCUT2D eigenvalue weighted by atomic mass is 32.1. The highest BCUT2D eigenvalue weighted by molar-refractivity contribution is 7.09. The molecule has 1 unspecified atom stereocenters. The van der Waals surface area contributed by atoms with Gasteiger partial charge in [-0.25, -0.2) is 0 Å². The number of nitrogens with zero attached hydrogens (tertiary/aromatic N) is 1. The van der Waals surface area contributed by atoms with Gasteiger partial charge in [-0.15, -0.1) is 11.3 Å². The predicted octanol–water partition coefficient (Wildman–Crippen LogP) is 1.89. The largest absolute Gasteiger partial charge is 0.341 e. The van der Waals surface area contributed by atoms with Crippen molar-refractivity contribution in [1.29, 1.82) is 0 Å². The SMILES string of the molecule is CN(C(=O)CCCc1cccs1)C1CCNC1. The Hall–Kier alpha value is -0.870. The maximum atomic E-state index is 12.0. The summed E-state index contributed by atoms with van der Waals surface area (Å²) in [5.41, 5.74) is 0. The minimum atomic E-state index is 0.287. The van der Waals surface area contributed by atoms with Gasteiger partial charge < -0.3 is 10.2 Å². The van der Waals surface area contributed by atoms with Crippen LogP contribution in [-0.2, 0) is 11.2 Å². The number of nitrogens with one attached hydrogen (secondary N) is 1. The van der Waals surface area contributed by atoms with Crippen molar-refractivity contribution in [3.63, 3.8) is 0 Å². The number of carbonyl (C=O) groups is 1. The molecule has 2 heterocycles. The first-order valence-electron chi connectivity index (χ1n) is 6.26. The summed E-state index contributed by atoms with van der Waals surface area (Å²) in [5.74, 6) is 0.287. The van der Waals surface area contributed by atoms with Crippen molar-refractivity contribution in [2.24, 2.45) is 0 Å². The Morgan fingerprint density at radius 3 is 3.18 bits per heavy atom. The maximum absolute atomic E-state index is 12.0. The van der Waals surface area contributed by atoms with Crippen LogP contribution in [0.1, 0.15) is 24.1 Å². The molecule has 4 heteroatoms. The van der Waals surface area contributed by atoms with Crippen molar-refractivity contribution < 1.29 is 4.79 Å². The van der Waals surface area contributed by atoms with E-state index in [2.05, 4.69) is 22.8 Å². The first kappa shape index (κ1) is 12.6. The zero-order valence-electron chi connectivity index (χ0n) is 10.3. The van der Waals surface area contributed by atoms with E-state index < -0.39 is 0 Å². The van der Waals surface area contributed by atoms with Crippen LogP contribution in [0.25, 0.3) is 0 Å². The molecule has 0 radical (unpaired) electrons. The van der Waals surface area contributed by atoms with E-state index in [1.807, 2.05) is 11.9 Å². The quantitative estimate of drug-likeness (QED) is 0.868. The number of hydrogen-bond acceptors (Lipinski definition) is 3. The van der Waals surface area contributed by atoms with Gasteiger partial charge >= 0.3 is 0 Å². The number of carbonyl (C=O) groups excluding carboxylic acids is 1. The average Bonchev–Trinajstić information content (AvgIpc) is 3.00. The molecular formula is C13H20N2OS. The summed E-state index contributed by atoms with van der Waals surface area (Å²) in [6.07, 6.45) is 3.75. The molecule has 2 rings (SSSR count). The standard InChI is InChI=1S/C13H20N2OS/c1-15(11-7-8-14-10-11)13(16)6-2-4-12-5-3-9-17-12/h3,5,9,11,14H,2,4,6-8,10H2,1H3.